The van der Waals surface area contributed by atoms with Crippen LogP contribution in [0, 0.1) is 23.1 Å². The lowest BCUT2D eigenvalue weighted by molar-refractivity contribution is -0.148. The molecule has 0 bridgehead atoms. The molecule has 0 aromatic heterocycles. The normalized spacial score (nSPS) is 14.0. The van der Waals surface area contributed by atoms with Crippen LogP contribution in [-0.4, -0.2) is 18.1 Å². The maximum atomic E-state index is 13.7. The predicted molar refractivity (Wildman–Crippen MR) is 78.4 cm³/mol. The van der Waals surface area contributed by atoms with E-state index in [1.54, 1.807) is 26.8 Å². The van der Waals surface area contributed by atoms with Gasteiger partial charge in [-0.05, 0) is 25.1 Å². The van der Waals surface area contributed by atoms with Crippen molar-refractivity contribution in [2.75, 3.05) is 6.61 Å². The lowest BCUT2D eigenvalue weighted by Gasteiger charge is -2.22. The Hall–Kier alpha value is -1.81. The minimum absolute atomic E-state index is 0.0530. The largest absolute Gasteiger partial charge is 0.463 e. The van der Waals surface area contributed by atoms with Gasteiger partial charge < -0.3 is 4.74 Å². The smallest absolute Gasteiger partial charge is 0.351 e. The first-order chi connectivity index (χ1) is 9.87. The highest BCUT2D eigenvalue weighted by Crippen LogP contribution is 2.28. The summed E-state index contributed by atoms with van der Waals surface area (Å²) in [6.07, 6.45) is 0. The van der Waals surface area contributed by atoms with Crippen LogP contribution in [-0.2, 0) is 9.53 Å². The quantitative estimate of drug-likeness (QED) is 0.587. The first kappa shape index (κ1) is 17.2. The predicted octanol–water partition coefficient (Wildman–Crippen LogP) is 4.15. The molecular formula is C14H15BrFN3O2. The minimum atomic E-state index is -1.78. The number of halogens is 2. The Kier molecular flexibility index (Phi) is 5.97. The van der Waals surface area contributed by atoms with Gasteiger partial charge in [0.15, 0.2) is 5.82 Å². The number of ether oxygens (including phenoxy) is 1. The molecule has 21 heavy (non-hydrogen) atoms. The Morgan fingerprint density at radius 1 is 1.57 bits per heavy atom. The van der Waals surface area contributed by atoms with Crippen molar-refractivity contribution < 1.29 is 13.9 Å². The summed E-state index contributed by atoms with van der Waals surface area (Å²) in [7, 11) is 0. The van der Waals surface area contributed by atoms with Gasteiger partial charge in [0.25, 0.3) is 5.54 Å². The van der Waals surface area contributed by atoms with E-state index >= 15 is 0 Å². The number of benzene rings is 1. The number of carbonyl (C=O) groups excluding carboxylic acids is 1. The summed E-state index contributed by atoms with van der Waals surface area (Å²) in [5, 5.41) is 16.8. The Morgan fingerprint density at radius 3 is 2.71 bits per heavy atom. The first-order valence-corrected chi connectivity index (χ1v) is 7.13. The van der Waals surface area contributed by atoms with Crippen molar-refractivity contribution in [1.29, 1.82) is 5.26 Å². The third kappa shape index (κ3) is 3.85. The van der Waals surface area contributed by atoms with Gasteiger partial charge >= 0.3 is 5.97 Å². The molecular weight excluding hydrogens is 341 g/mol. The number of hydrogen-bond donors (Lipinski definition) is 0. The van der Waals surface area contributed by atoms with Gasteiger partial charge in [-0.25, -0.2) is 9.18 Å². The number of azo groups is 1. The molecule has 0 saturated heterocycles. The van der Waals surface area contributed by atoms with Crippen LogP contribution >= 0.6 is 15.9 Å². The van der Waals surface area contributed by atoms with E-state index in [1.807, 2.05) is 6.07 Å². The SMILES string of the molecule is CCOC(=O)C(C#N)(N=Nc1ccc(Br)cc1F)C(C)C. The maximum Gasteiger partial charge on any atom is 0.351 e. The molecule has 0 spiro atoms. The number of rotatable bonds is 5. The highest BCUT2D eigenvalue weighted by atomic mass is 79.9. The summed E-state index contributed by atoms with van der Waals surface area (Å²) < 4.78 is 19.1. The second kappa shape index (κ2) is 7.27. The third-order valence-corrected chi connectivity index (χ3v) is 3.31. The van der Waals surface area contributed by atoms with Crippen molar-refractivity contribution in [3.63, 3.8) is 0 Å². The number of hydrogen-bond acceptors (Lipinski definition) is 5. The molecule has 0 fully saturated rings. The summed E-state index contributed by atoms with van der Waals surface area (Å²) in [5.74, 6) is -1.86. The van der Waals surface area contributed by atoms with Gasteiger partial charge in [-0.15, -0.1) is 0 Å². The summed E-state index contributed by atoms with van der Waals surface area (Å²) in [6, 6.07) is 6.05. The second-order valence-corrected chi connectivity index (χ2v) is 5.46. The van der Waals surface area contributed by atoms with E-state index in [0.717, 1.165) is 0 Å². The Labute approximate surface area is 130 Å². The molecule has 1 rings (SSSR count). The van der Waals surface area contributed by atoms with E-state index in [4.69, 9.17) is 4.74 Å². The van der Waals surface area contributed by atoms with E-state index in [0.29, 0.717) is 4.47 Å². The van der Waals surface area contributed by atoms with Crippen molar-refractivity contribution in [3.05, 3.63) is 28.5 Å². The number of nitriles is 1. The lowest BCUT2D eigenvalue weighted by Crippen LogP contribution is -2.41. The van der Waals surface area contributed by atoms with Crippen LogP contribution in [0.5, 0.6) is 0 Å². The summed E-state index contributed by atoms with van der Waals surface area (Å²) >= 11 is 3.13. The molecule has 1 aromatic carbocycles. The van der Waals surface area contributed by atoms with Gasteiger partial charge in [0.1, 0.15) is 11.8 Å². The van der Waals surface area contributed by atoms with Crippen LogP contribution in [0.2, 0.25) is 0 Å². The summed E-state index contributed by atoms with van der Waals surface area (Å²) in [4.78, 5) is 12.0. The number of esters is 1. The van der Waals surface area contributed by atoms with E-state index in [9.17, 15) is 14.4 Å². The van der Waals surface area contributed by atoms with E-state index < -0.39 is 23.2 Å². The van der Waals surface area contributed by atoms with Gasteiger partial charge in [0, 0.05) is 10.4 Å². The van der Waals surface area contributed by atoms with Crippen molar-refractivity contribution in [2.24, 2.45) is 16.1 Å². The fourth-order valence-electron chi connectivity index (χ4n) is 1.53. The third-order valence-electron chi connectivity index (χ3n) is 2.82. The molecule has 0 amide bonds. The molecule has 5 nitrogen and oxygen atoms in total. The highest BCUT2D eigenvalue weighted by Gasteiger charge is 2.44. The fraction of sp³-hybridized carbons (Fsp3) is 0.429. The zero-order valence-corrected chi connectivity index (χ0v) is 13.5. The monoisotopic (exact) mass is 355 g/mol. The molecule has 0 aliphatic rings. The summed E-state index contributed by atoms with van der Waals surface area (Å²) in [5.41, 5.74) is -1.84. The fourth-order valence-corrected chi connectivity index (χ4v) is 1.86. The van der Waals surface area contributed by atoms with E-state index in [1.165, 1.54) is 12.1 Å². The van der Waals surface area contributed by atoms with Crippen LogP contribution < -0.4 is 0 Å². The van der Waals surface area contributed by atoms with Crippen molar-refractivity contribution in [1.82, 2.24) is 0 Å². The molecule has 0 radical (unpaired) electrons. The zero-order chi connectivity index (χ0) is 16.0. The average Bonchev–Trinajstić information content (AvgIpc) is 2.41. The molecule has 0 saturated carbocycles. The van der Waals surface area contributed by atoms with E-state index in [2.05, 4.69) is 26.2 Å². The van der Waals surface area contributed by atoms with Crippen LogP contribution in [0.1, 0.15) is 20.8 Å². The molecule has 0 heterocycles. The maximum absolute atomic E-state index is 13.7. The molecule has 0 aliphatic heterocycles. The lowest BCUT2D eigenvalue weighted by atomic mass is 9.89. The van der Waals surface area contributed by atoms with Crippen molar-refractivity contribution >= 4 is 27.6 Å². The van der Waals surface area contributed by atoms with Crippen LogP contribution in [0.3, 0.4) is 0 Å². The number of carbonyl (C=O) groups is 1. The Morgan fingerprint density at radius 2 is 2.24 bits per heavy atom. The number of nitrogens with zero attached hydrogens (tertiary/aromatic N) is 3. The molecule has 1 atom stereocenters. The second-order valence-electron chi connectivity index (χ2n) is 4.55. The topological polar surface area (TPSA) is 74.8 Å². The molecule has 112 valence electrons. The van der Waals surface area contributed by atoms with Crippen molar-refractivity contribution in [3.8, 4) is 6.07 Å². The molecule has 1 unspecified atom stereocenters. The van der Waals surface area contributed by atoms with Crippen LogP contribution in [0.4, 0.5) is 10.1 Å². The van der Waals surface area contributed by atoms with Gasteiger partial charge in [-0.2, -0.15) is 15.5 Å². The van der Waals surface area contributed by atoms with Crippen LogP contribution in [0.25, 0.3) is 0 Å². The van der Waals surface area contributed by atoms with Gasteiger partial charge in [-0.3, -0.25) is 0 Å². The molecule has 0 aliphatic carbocycles. The zero-order valence-electron chi connectivity index (χ0n) is 11.9. The van der Waals surface area contributed by atoms with E-state index in [-0.39, 0.29) is 12.3 Å². The Bertz CT molecular complexity index is 598. The standard InChI is InChI=1S/C14H15BrFN3O2/c1-4-21-13(20)14(8-17,9(2)3)19-18-12-6-5-10(15)7-11(12)16/h5-7,9H,4H2,1-3H3. The Balaban J connectivity index is 3.20. The van der Waals surface area contributed by atoms with Gasteiger partial charge in [-0.1, -0.05) is 29.8 Å². The highest BCUT2D eigenvalue weighted by molar-refractivity contribution is 9.10. The molecule has 1 aromatic rings. The minimum Gasteiger partial charge on any atom is -0.463 e. The molecule has 0 N–H and O–H groups in total. The van der Waals surface area contributed by atoms with Gasteiger partial charge in [0.05, 0.1) is 6.61 Å². The van der Waals surface area contributed by atoms with Gasteiger partial charge in [0.2, 0.25) is 0 Å². The van der Waals surface area contributed by atoms with Crippen molar-refractivity contribution in [2.45, 2.75) is 26.3 Å². The summed E-state index contributed by atoms with van der Waals surface area (Å²) in [6.45, 7) is 5.05. The first-order valence-electron chi connectivity index (χ1n) is 6.33. The van der Waals surface area contributed by atoms with Crippen LogP contribution in [0.15, 0.2) is 32.9 Å². The average molecular weight is 356 g/mol. The molecule has 7 heteroatoms.